The van der Waals surface area contributed by atoms with Crippen LogP contribution in [0.5, 0.6) is 23.0 Å². The first-order chi connectivity index (χ1) is 16.1. The Kier molecular flexibility index (Phi) is 7.34. The normalized spacial score (nSPS) is 11.6. The van der Waals surface area contributed by atoms with Crippen LogP contribution in [0.2, 0.25) is 0 Å². The van der Waals surface area contributed by atoms with E-state index in [1.165, 1.54) is 7.11 Å². The standard InChI is InChI=1S/C26H24N2O4S/c1-27-24(26(29)30-2)17-18-3-7-20(8-4-18)31-22-11-13-23(14-12-22)32-21-9-5-19(6-10-21)25-28-15-16-33-25/h3-16,24,27H,17H2,1-2H3/t24-/m0/s1. The minimum atomic E-state index is -0.377. The number of hydrogen-bond donors (Lipinski definition) is 1. The van der Waals surface area contributed by atoms with Crippen molar-refractivity contribution in [3.05, 3.63) is 89.9 Å². The van der Waals surface area contributed by atoms with Gasteiger partial charge in [-0.1, -0.05) is 12.1 Å². The van der Waals surface area contributed by atoms with Gasteiger partial charge < -0.3 is 19.5 Å². The van der Waals surface area contributed by atoms with Gasteiger partial charge in [0.25, 0.3) is 0 Å². The number of aromatic nitrogens is 1. The van der Waals surface area contributed by atoms with E-state index in [1.807, 2.05) is 78.2 Å². The summed E-state index contributed by atoms with van der Waals surface area (Å²) >= 11 is 1.61. The SMILES string of the molecule is CN[C@@H](Cc1ccc(Oc2ccc(Oc3ccc(-c4nccs4)cc3)cc2)cc1)C(=O)OC. The Balaban J connectivity index is 1.33. The summed E-state index contributed by atoms with van der Waals surface area (Å²) < 4.78 is 16.7. The molecule has 1 aromatic heterocycles. The number of rotatable bonds is 9. The number of methoxy groups -OCH3 is 1. The molecule has 0 aliphatic carbocycles. The second-order valence-electron chi connectivity index (χ2n) is 7.25. The van der Waals surface area contributed by atoms with Gasteiger partial charge in [0.2, 0.25) is 0 Å². The molecule has 7 heteroatoms. The average Bonchev–Trinajstić information content (AvgIpc) is 3.40. The molecule has 1 heterocycles. The van der Waals surface area contributed by atoms with Crippen LogP contribution in [0.15, 0.2) is 84.4 Å². The summed E-state index contributed by atoms with van der Waals surface area (Å²) in [5.74, 6) is 2.61. The molecule has 0 fully saturated rings. The number of nitrogens with zero attached hydrogens (tertiary/aromatic N) is 1. The van der Waals surface area contributed by atoms with Gasteiger partial charge in [-0.05, 0) is 79.7 Å². The molecule has 6 nitrogen and oxygen atoms in total. The smallest absolute Gasteiger partial charge is 0.323 e. The second kappa shape index (κ2) is 10.8. The molecule has 0 spiro atoms. The van der Waals surface area contributed by atoms with E-state index in [9.17, 15) is 4.79 Å². The molecule has 0 radical (unpaired) electrons. The fourth-order valence-electron chi connectivity index (χ4n) is 3.25. The summed E-state index contributed by atoms with van der Waals surface area (Å²) in [4.78, 5) is 16.1. The highest BCUT2D eigenvalue weighted by molar-refractivity contribution is 7.13. The molecule has 0 bridgehead atoms. The van der Waals surface area contributed by atoms with Crippen LogP contribution in [0, 0.1) is 0 Å². The van der Waals surface area contributed by atoms with Crippen molar-refractivity contribution >= 4 is 17.3 Å². The molecule has 0 unspecified atom stereocenters. The van der Waals surface area contributed by atoms with Crippen molar-refractivity contribution in [2.75, 3.05) is 14.2 Å². The molecule has 168 valence electrons. The van der Waals surface area contributed by atoms with Crippen molar-refractivity contribution in [2.24, 2.45) is 0 Å². The molecule has 33 heavy (non-hydrogen) atoms. The van der Waals surface area contributed by atoms with Crippen molar-refractivity contribution in [1.82, 2.24) is 10.3 Å². The van der Waals surface area contributed by atoms with Crippen molar-refractivity contribution in [1.29, 1.82) is 0 Å². The van der Waals surface area contributed by atoms with Crippen LogP contribution in [-0.2, 0) is 16.0 Å². The lowest BCUT2D eigenvalue weighted by atomic mass is 10.1. The van der Waals surface area contributed by atoms with Crippen LogP contribution in [0.4, 0.5) is 0 Å². The van der Waals surface area contributed by atoms with Crippen LogP contribution in [0.3, 0.4) is 0 Å². The number of esters is 1. The highest BCUT2D eigenvalue weighted by Gasteiger charge is 2.17. The summed E-state index contributed by atoms with van der Waals surface area (Å²) in [5.41, 5.74) is 2.08. The highest BCUT2D eigenvalue weighted by atomic mass is 32.1. The van der Waals surface area contributed by atoms with E-state index in [2.05, 4.69) is 10.3 Å². The molecule has 1 atom stereocenters. The first-order valence-corrected chi connectivity index (χ1v) is 11.3. The predicted octanol–water partition coefficient (Wildman–Crippen LogP) is 5.70. The average molecular weight is 461 g/mol. The minimum Gasteiger partial charge on any atom is -0.468 e. The van der Waals surface area contributed by atoms with E-state index >= 15 is 0 Å². The number of carbonyl (C=O) groups excluding carboxylic acids is 1. The third-order valence-electron chi connectivity index (χ3n) is 5.03. The van der Waals surface area contributed by atoms with Crippen molar-refractivity contribution < 1.29 is 19.0 Å². The van der Waals surface area contributed by atoms with E-state index < -0.39 is 0 Å². The molecule has 0 aliphatic rings. The van der Waals surface area contributed by atoms with Gasteiger partial charge in [-0.25, -0.2) is 4.98 Å². The molecule has 4 rings (SSSR count). The summed E-state index contributed by atoms with van der Waals surface area (Å²) in [6, 6.07) is 22.6. The first-order valence-electron chi connectivity index (χ1n) is 10.4. The maximum atomic E-state index is 11.7. The number of thiazole rings is 1. The Hall–Kier alpha value is -3.68. The quantitative estimate of drug-likeness (QED) is 0.323. The van der Waals surface area contributed by atoms with Gasteiger partial charge in [0, 0.05) is 17.1 Å². The van der Waals surface area contributed by atoms with E-state index in [1.54, 1.807) is 24.6 Å². The molecule has 0 saturated heterocycles. The van der Waals surface area contributed by atoms with Gasteiger partial charge in [0.15, 0.2) is 0 Å². The largest absolute Gasteiger partial charge is 0.468 e. The van der Waals surface area contributed by atoms with Gasteiger partial charge in [0.05, 0.1) is 7.11 Å². The van der Waals surface area contributed by atoms with E-state index in [4.69, 9.17) is 14.2 Å². The zero-order valence-electron chi connectivity index (χ0n) is 18.4. The van der Waals surface area contributed by atoms with E-state index in [0.29, 0.717) is 17.9 Å². The van der Waals surface area contributed by atoms with E-state index in [-0.39, 0.29) is 12.0 Å². The van der Waals surface area contributed by atoms with Crippen LogP contribution in [0.25, 0.3) is 10.6 Å². The highest BCUT2D eigenvalue weighted by Crippen LogP contribution is 2.29. The number of nitrogens with one attached hydrogen (secondary N) is 1. The fourth-order valence-corrected chi connectivity index (χ4v) is 3.90. The lowest BCUT2D eigenvalue weighted by Crippen LogP contribution is -2.36. The molecular formula is C26H24N2O4S. The molecule has 0 amide bonds. The molecule has 0 aliphatic heterocycles. The Morgan fingerprint density at radius 1 is 0.879 bits per heavy atom. The lowest BCUT2D eigenvalue weighted by Gasteiger charge is -2.14. The molecule has 3 aromatic carbocycles. The topological polar surface area (TPSA) is 69.7 Å². The van der Waals surface area contributed by atoms with Gasteiger partial charge >= 0.3 is 5.97 Å². The van der Waals surface area contributed by atoms with Crippen LogP contribution in [-0.4, -0.2) is 31.2 Å². The number of ether oxygens (including phenoxy) is 3. The summed E-state index contributed by atoms with van der Waals surface area (Å²) in [6.45, 7) is 0. The molecular weight excluding hydrogens is 436 g/mol. The third-order valence-corrected chi connectivity index (χ3v) is 5.85. The maximum absolute atomic E-state index is 11.7. The van der Waals surface area contributed by atoms with Crippen molar-refractivity contribution in [2.45, 2.75) is 12.5 Å². The lowest BCUT2D eigenvalue weighted by molar-refractivity contribution is -0.142. The Bertz CT molecular complexity index is 1160. The monoisotopic (exact) mass is 460 g/mol. The summed E-state index contributed by atoms with van der Waals surface area (Å²) in [6.07, 6.45) is 2.34. The molecule has 0 saturated carbocycles. The van der Waals surface area contributed by atoms with Gasteiger partial charge in [0.1, 0.15) is 34.0 Å². The van der Waals surface area contributed by atoms with Crippen molar-refractivity contribution in [3.63, 3.8) is 0 Å². The fraction of sp³-hybridized carbons (Fsp3) is 0.154. The Morgan fingerprint density at radius 3 is 1.85 bits per heavy atom. The third kappa shape index (κ3) is 5.97. The number of benzene rings is 3. The first kappa shape index (κ1) is 22.5. The Labute approximate surface area is 196 Å². The van der Waals surface area contributed by atoms with E-state index in [0.717, 1.165) is 27.6 Å². The van der Waals surface area contributed by atoms with Crippen LogP contribution < -0.4 is 14.8 Å². The zero-order valence-corrected chi connectivity index (χ0v) is 19.2. The number of hydrogen-bond acceptors (Lipinski definition) is 7. The zero-order chi connectivity index (χ0) is 23.0. The Morgan fingerprint density at radius 2 is 1.39 bits per heavy atom. The minimum absolute atomic E-state index is 0.282. The van der Waals surface area contributed by atoms with Gasteiger partial charge in [-0.15, -0.1) is 11.3 Å². The van der Waals surface area contributed by atoms with Crippen LogP contribution in [0.1, 0.15) is 5.56 Å². The maximum Gasteiger partial charge on any atom is 0.323 e. The van der Waals surface area contributed by atoms with Crippen LogP contribution >= 0.6 is 11.3 Å². The predicted molar refractivity (Wildman–Crippen MR) is 129 cm³/mol. The summed E-state index contributed by atoms with van der Waals surface area (Å²) in [5, 5.41) is 5.92. The van der Waals surface area contributed by atoms with Gasteiger partial charge in [-0.3, -0.25) is 4.79 Å². The molecule has 1 N–H and O–H groups in total. The summed E-state index contributed by atoms with van der Waals surface area (Å²) in [7, 11) is 3.13. The second-order valence-corrected chi connectivity index (χ2v) is 8.14. The molecule has 4 aromatic rings. The number of carbonyl (C=O) groups is 1. The van der Waals surface area contributed by atoms with Crippen molar-refractivity contribution in [3.8, 4) is 33.6 Å². The number of likely N-dealkylation sites (N-methyl/N-ethyl adjacent to an activating group) is 1. The van der Waals surface area contributed by atoms with Gasteiger partial charge in [-0.2, -0.15) is 0 Å².